The SMILES string of the molecule is OB(O)c1cnc(F)c(C(F)(F)F)c1. The molecule has 3 nitrogen and oxygen atoms in total. The fourth-order valence-corrected chi connectivity index (χ4v) is 0.804. The van der Waals surface area contributed by atoms with Crippen molar-refractivity contribution in [3.05, 3.63) is 23.8 Å². The van der Waals surface area contributed by atoms with Crippen molar-refractivity contribution in [1.82, 2.24) is 4.98 Å². The van der Waals surface area contributed by atoms with Gasteiger partial charge in [0.05, 0.1) is 0 Å². The van der Waals surface area contributed by atoms with Crippen LogP contribution in [-0.4, -0.2) is 22.2 Å². The molecule has 0 saturated heterocycles. The van der Waals surface area contributed by atoms with Crippen molar-refractivity contribution in [1.29, 1.82) is 0 Å². The molecule has 0 radical (unpaired) electrons. The smallest absolute Gasteiger partial charge is 0.423 e. The number of pyridine rings is 1. The van der Waals surface area contributed by atoms with Crippen LogP contribution in [0.2, 0.25) is 0 Å². The van der Waals surface area contributed by atoms with Crippen LogP contribution in [0.3, 0.4) is 0 Å². The number of nitrogens with zero attached hydrogens (tertiary/aromatic N) is 1. The van der Waals surface area contributed by atoms with Gasteiger partial charge in [0, 0.05) is 11.7 Å². The fraction of sp³-hybridized carbons (Fsp3) is 0.167. The van der Waals surface area contributed by atoms with Crippen molar-refractivity contribution >= 4 is 12.6 Å². The largest absolute Gasteiger partial charge is 0.490 e. The third-order valence-corrected chi connectivity index (χ3v) is 1.46. The zero-order valence-electron chi connectivity index (χ0n) is 6.59. The topological polar surface area (TPSA) is 53.4 Å². The van der Waals surface area contributed by atoms with E-state index < -0.39 is 30.3 Å². The monoisotopic (exact) mass is 209 g/mol. The second-order valence-corrected chi connectivity index (χ2v) is 2.48. The van der Waals surface area contributed by atoms with Gasteiger partial charge in [-0.3, -0.25) is 0 Å². The van der Waals surface area contributed by atoms with Gasteiger partial charge in [-0.05, 0) is 6.07 Å². The Morgan fingerprint density at radius 2 is 1.86 bits per heavy atom. The molecule has 14 heavy (non-hydrogen) atoms. The van der Waals surface area contributed by atoms with E-state index in [9.17, 15) is 17.6 Å². The molecule has 0 unspecified atom stereocenters. The van der Waals surface area contributed by atoms with E-state index in [-0.39, 0.29) is 0 Å². The summed E-state index contributed by atoms with van der Waals surface area (Å²) in [6, 6.07) is 0.299. The second-order valence-electron chi connectivity index (χ2n) is 2.48. The molecule has 2 N–H and O–H groups in total. The van der Waals surface area contributed by atoms with E-state index in [4.69, 9.17) is 10.0 Å². The molecular formula is C6H4BF4NO2. The summed E-state index contributed by atoms with van der Waals surface area (Å²) < 4.78 is 48.7. The zero-order valence-corrected chi connectivity index (χ0v) is 6.59. The maximum absolute atomic E-state index is 12.5. The molecule has 0 spiro atoms. The Balaban J connectivity index is 3.22. The highest BCUT2D eigenvalue weighted by molar-refractivity contribution is 6.58. The van der Waals surface area contributed by atoms with Crippen molar-refractivity contribution in [2.75, 3.05) is 0 Å². The number of hydrogen-bond acceptors (Lipinski definition) is 3. The Morgan fingerprint density at radius 1 is 1.29 bits per heavy atom. The lowest BCUT2D eigenvalue weighted by Gasteiger charge is -2.08. The number of hydrogen-bond donors (Lipinski definition) is 2. The summed E-state index contributed by atoms with van der Waals surface area (Å²) in [5.41, 5.74) is -2.14. The predicted molar refractivity (Wildman–Crippen MR) is 39.0 cm³/mol. The molecule has 1 aromatic rings. The van der Waals surface area contributed by atoms with Crippen LogP contribution in [0, 0.1) is 5.95 Å². The van der Waals surface area contributed by atoms with Crippen LogP contribution in [0.1, 0.15) is 5.56 Å². The molecule has 76 valence electrons. The van der Waals surface area contributed by atoms with E-state index in [0.717, 1.165) is 0 Å². The molecular weight excluding hydrogens is 205 g/mol. The maximum atomic E-state index is 12.5. The van der Waals surface area contributed by atoms with Crippen molar-refractivity contribution in [3.8, 4) is 0 Å². The fourth-order valence-electron chi connectivity index (χ4n) is 0.804. The van der Waals surface area contributed by atoms with Crippen LogP contribution in [-0.2, 0) is 6.18 Å². The molecule has 8 heteroatoms. The quantitative estimate of drug-likeness (QED) is 0.386. The lowest BCUT2D eigenvalue weighted by atomic mass is 9.81. The van der Waals surface area contributed by atoms with Crippen LogP contribution in [0.4, 0.5) is 17.6 Å². The summed E-state index contributed by atoms with van der Waals surface area (Å²) in [4.78, 5) is 2.76. The Kier molecular flexibility index (Phi) is 2.77. The van der Waals surface area contributed by atoms with Gasteiger partial charge >= 0.3 is 13.3 Å². The van der Waals surface area contributed by atoms with E-state index in [1.54, 1.807) is 0 Å². The average Bonchev–Trinajstić information content (AvgIpc) is 2.02. The van der Waals surface area contributed by atoms with Crippen molar-refractivity contribution in [2.24, 2.45) is 0 Å². The highest BCUT2D eigenvalue weighted by Gasteiger charge is 2.35. The molecule has 0 bridgehead atoms. The van der Waals surface area contributed by atoms with E-state index in [1.807, 2.05) is 0 Å². The minimum absolute atomic E-state index is 0.299. The summed E-state index contributed by atoms with van der Waals surface area (Å²) >= 11 is 0. The van der Waals surface area contributed by atoms with E-state index in [2.05, 4.69) is 4.98 Å². The summed E-state index contributed by atoms with van der Waals surface area (Å²) in [5, 5.41) is 17.1. The minimum Gasteiger partial charge on any atom is -0.423 e. The molecule has 0 atom stereocenters. The molecule has 1 aromatic heterocycles. The van der Waals surface area contributed by atoms with Crippen LogP contribution in [0.25, 0.3) is 0 Å². The third-order valence-electron chi connectivity index (χ3n) is 1.46. The van der Waals surface area contributed by atoms with Gasteiger partial charge in [-0.1, -0.05) is 0 Å². The van der Waals surface area contributed by atoms with Crippen molar-refractivity contribution in [3.63, 3.8) is 0 Å². The van der Waals surface area contributed by atoms with Crippen molar-refractivity contribution < 1.29 is 27.6 Å². The first kappa shape index (κ1) is 10.9. The van der Waals surface area contributed by atoms with Crippen LogP contribution >= 0.6 is 0 Å². The highest BCUT2D eigenvalue weighted by atomic mass is 19.4. The van der Waals surface area contributed by atoms with Gasteiger partial charge in [0.15, 0.2) is 0 Å². The molecule has 0 fully saturated rings. The molecule has 1 heterocycles. The van der Waals surface area contributed by atoms with Crippen LogP contribution < -0.4 is 5.46 Å². The molecule has 0 saturated carbocycles. The first-order valence-electron chi connectivity index (χ1n) is 3.41. The summed E-state index contributed by atoms with van der Waals surface area (Å²) in [7, 11) is -2.11. The first-order valence-corrected chi connectivity index (χ1v) is 3.41. The normalized spacial score (nSPS) is 11.6. The van der Waals surface area contributed by atoms with Crippen LogP contribution in [0.5, 0.6) is 0 Å². The number of halogens is 4. The first-order chi connectivity index (χ1) is 6.32. The molecule has 0 aliphatic carbocycles. The number of alkyl halides is 3. The average molecular weight is 209 g/mol. The van der Waals surface area contributed by atoms with Gasteiger partial charge in [0.1, 0.15) is 5.56 Å². The zero-order chi connectivity index (χ0) is 10.9. The molecule has 0 aliphatic heterocycles. The van der Waals surface area contributed by atoms with E-state index in [0.29, 0.717) is 12.3 Å². The van der Waals surface area contributed by atoms with Crippen LogP contribution in [0.15, 0.2) is 12.3 Å². The Bertz CT molecular complexity index is 341. The van der Waals surface area contributed by atoms with E-state index >= 15 is 0 Å². The maximum Gasteiger partial charge on any atom is 0.490 e. The molecule has 0 amide bonds. The highest BCUT2D eigenvalue weighted by Crippen LogP contribution is 2.29. The Labute approximate surface area is 76.2 Å². The predicted octanol–water partition coefficient (Wildman–Crippen LogP) is -0.0807. The lowest BCUT2D eigenvalue weighted by molar-refractivity contribution is -0.140. The number of aromatic nitrogens is 1. The molecule has 0 aromatic carbocycles. The van der Waals surface area contributed by atoms with Gasteiger partial charge in [0.25, 0.3) is 0 Å². The summed E-state index contributed by atoms with van der Waals surface area (Å²) in [6.45, 7) is 0. The minimum atomic E-state index is -4.90. The van der Waals surface area contributed by atoms with Gasteiger partial charge in [-0.25, -0.2) is 4.98 Å². The second kappa shape index (κ2) is 3.54. The summed E-state index contributed by atoms with van der Waals surface area (Å²) in [6.07, 6.45) is -4.28. The van der Waals surface area contributed by atoms with Gasteiger partial charge in [-0.2, -0.15) is 17.6 Å². The van der Waals surface area contributed by atoms with Crippen molar-refractivity contribution in [2.45, 2.75) is 6.18 Å². The van der Waals surface area contributed by atoms with Gasteiger partial charge < -0.3 is 10.0 Å². The summed E-state index contributed by atoms with van der Waals surface area (Å²) in [5.74, 6) is -1.69. The lowest BCUT2D eigenvalue weighted by Crippen LogP contribution is -2.32. The number of rotatable bonds is 1. The Morgan fingerprint density at radius 3 is 2.29 bits per heavy atom. The Hall–Kier alpha value is -1.15. The third kappa shape index (κ3) is 2.21. The van der Waals surface area contributed by atoms with Gasteiger partial charge in [0.2, 0.25) is 5.95 Å². The standard InChI is InChI=1S/C6H4BF4NO2/c8-5-4(6(9,10)11)1-3(2-12-5)7(13)14/h1-2,13-14H. The van der Waals surface area contributed by atoms with E-state index in [1.165, 1.54) is 0 Å². The molecule has 0 aliphatic rings. The van der Waals surface area contributed by atoms with Gasteiger partial charge in [-0.15, -0.1) is 0 Å². The molecule has 1 rings (SSSR count).